The molecule has 9 aromatic carbocycles. The van der Waals surface area contributed by atoms with Crippen LogP contribution in [0.15, 0.2) is 200 Å². The van der Waals surface area contributed by atoms with Crippen LogP contribution < -0.4 is 4.90 Å². The molecule has 0 saturated carbocycles. The zero-order valence-corrected chi connectivity index (χ0v) is 29.2. The van der Waals surface area contributed by atoms with Crippen LogP contribution in [0.2, 0.25) is 0 Å². The maximum absolute atomic E-state index is 2.43. The molecule has 0 fully saturated rings. The number of benzene rings is 9. The van der Waals surface area contributed by atoms with E-state index in [1.54, 1.807) is 0 Å². The van der Waals surface area contributed by atoms with E-state index in [-0.39, 0.29) is 0 Å². The second-order valence-corrected chi connectivity index (χ2v) is 14.4. The summed E-state index contributed by atoms with van der Waals surface area (Å²) in [5, 5.41) is 7.58. The molecule has 244 valence electrons. The molecule has 0 bridgehead atoms. The summed E-state index contributed by atoms with van der Waals surface area (Å²) in [4.78, 5) is 2.43. The molecule has 2 heteroatoms. The van der Waals surface area contributed by atoms with Crippen molar-refractivity contribution in [1.82, 2.24) is 0 Å². The minimum Gasteiger partial charge on any atom is -0.310 e. The molecule has 0 N–H and O–H groups in total. The van der Waals surface area contributed by atoms with E-state index in [2.05, 4.69) is 205 Å². The molecule has 52 heavy (non-hydrogen) atoms. The third-order valence-corrected chi connectivity index (χ3v) is 11.4. The number of rotatable bonds is 6. The smallest absolute Gasteiger partial charge is 0.0554 e. The maximum Gasteiger partial charge on any atom is 0.0554 e. The number of anilines is 3. The van der Waals surface area contributed by atoms with Gasteiger partial charge in [0.15, 0.2) is 0 Å². The first-order valence-electron chi connectivity index (χ1n) is 17.8. The normalized spacial score (nSPS) is 11.5. The van der Waals surface area contributed by atoms with Crippen LogP contribution in [0.1, 0.15) is 0 Å². The minimum atomic E-state index is 1.12. The van der Waals surface area contributed by atoms with Crippen LogP contribution in [0.4, 0.5) is 17.1 Å². The Morgan fingerprint density at radius 3 is 1.85 bits per heavy atom. The minimum absolute atomic E-state index is 1.12. The Morgan fingerprint density at radius 1 is 0.327 bits per heavy atom. The average Bonchev–Trinajstić information content (AvgIpc) is 3.61. The summed E-state index contributed by atoms with van der Waals surface area (Å²) in [7, 11) is 0. The van der Waals surface area contributed by atoms with Crippen molar-refractivity contribution in [3.63, 3.8) is 0 Å². The van der Waals surface area contributed by atoms with Crippen LogP contribution in [0.25, 0.3) is 75.1 Å². The first-order valence-corrected chi connectivity index (χ1v) is 18.6. The third-order valence-electron chi connectivity index (χ3n) is 10.2. The van der Waals surface area contributed by atoms with E-state index in [0.717, 1.165) is 11.4 Å². The van der Waals surface area contributed by atoms with E-state index >= 15 is 0 Å². The van der Waals surface area contributed by atoms with Gasteiger partial charge in [0.25, 0.3) is 0 Å². The largest absolute Gasteiger partial charge is 0.310 e. The Morgan fingerprint density at radius 2 is 0.962 bits per heavy atom. The Balaban J connectivity index is 1.12. The number of thiophene rings is 1. The molecule has 0 unspecified atom stereocenters. The fourth-order valence-corrected chi connectivity index (χ4v) is 8.81. The number of hydrogen-bond acceptors (Lipinski definition) is 2. The number of fused-ring (bicyclic) bond motifs is 5. The molecule has 0 atom stereocenters. The first-order chi connectivity index (χ1) is 25.8. The highest BCUT2D eigenvalue weighted by Crippen LogP contribution is 2.45. The van der Waals surface area contributed by atoms with Crippen LogP contribution in [0.3, 0.4) is 0 Å². The predicted molar refractivity (Wildman–Crippen MR) is 225 cm³/mol. The van der Waals surface area contributed by atoms with Crippen molar-refractivity contribution in [1.29, 1.82) is 0 Å². The van der Waals surface area contributed by atoms with Gasteiger partial charge in [0.05, 0.1) is 5.69 Å². The highest BCUT2D eigenvalue weighted by atomic mass is 32.1. The molecule has 0 spiro atoms. The van der Waals surface area contributed by atoms with Gasteiger partial charge in [-0.2, -0.15) is 0 Å². The predicted octanol–water partition coefficient (Wildman–Crippen LogP) is 14.8. The van der Waals surface area contributed by atoms with Gasteiger partial charge in [-0.1, -0.05) is 146 Å². The fraction of sp³-hybridized carbons (Fsp3) is 0. The van der Waals surface area contributed by atoms with Crippen molar-refractivity contribution in [3.05, 3.63) is 200 Å². The van der Waals surface area contributed by atoms with Gasteiger partial charge in [0.1, 0.15) is 0 Å². The summed E-state index contributed by atoms with van der Waals surface area (Å²) >= 11 is 1.86. The molecule has 0 aliphatic heterocycles. The second kappa shape index (κ2) is 12.7. The molecular formula is C50H33NS. The van der Waals surface area contributed by atoms with Crippen molar-refractivity contribution in [2.45, 2.75) is 0 Å². The van der Waals surface area contributed by atoms with E-state index in [4.69, 9.17) is 0 Å². The first kappa shape index (κ1) is 30.4. The summed E-state index contributed by atoms with van der Waals surface area (Å²) in [6, 6.07) is 73.0. The fourth-order valence-electron chi connectivity index (χ4n) is 7.69. The van der Waals surface area contributed by atoms with Gasteiger partial charge in [-0.3, -0.25) is 0 Å². The molecule has 1 nitrogen and oxygen atoms in total. The molecule has 0 radical (unpaired) electrons. The lowest BCUT2D eigenvalue weighted by Gasteiger charge is -2.27. The highest BCUT2D eigenvalue weighted by molar-refractivity contribution is 7.26. The highest BCUT2D eigenvalue weighted by Gasteiger charge is 2.19. The summed E-state index contributed by atoms with van der Waals surface area (Å²) in [6.45, 7) is 0. The van der Waals surface area contributed by atoms with Crippen molar-refractivity contribution < 1.29 is 0 Å². The van der Waals surface area contributed by atoms with Crippen LogP contribution in [-0.4, -0.2) is 0 Å². The summed E-state index contributed by atoms with van der Waals surface area (Å²) in [6.07, 6.45) is 0. The molecule has 10 aromatic rings. The van der Waals surface area contributed by atoms with E-state index in [1.165, 1.54) is 80.8 Å². The van der Waals surface area contributed by atoms with Gasteiger partial charge in [-0.15, -0.1) is 11.3 Å². The average molecular weight is 680 g/mol. The molecule has 0 aliphatic carbocycles. The van der Waals surface area contributed by atoms with Crippen molar-refractivity contribution in [3.8, 4) is 33.4 Å². The zero-order valence-electron chi connectivity index (χ0n) is 28.4. The second-order valence-electron chi connectivity index (χ2n) is 13.4. The molecule has 1 heterocycles. The SMILES string of the molecule is c1ccc(-c2cccc3ccc(-c4ccc(N(c5cccc(-c6ccc7ccccc7c6)c5)c5cccc6sc7ccccc7c56)cc4)cc23)cc1. The Bertz CT molecular complexity index is 2900. The van der Waals surface area contributed by atoms with Gasteiger partial charge in [0.2, 0.25) is 0 Å². The van der Waals surface area contributed by atoms with E-state index in [9.17, 15) is 0 Å². The van der Waals surface area contributed by atoms with Crippen molar-refractivity contribution in [2.75, 3.05) is 4.90 Å². The van der Waals surface area contributed by atoms with Gasteiger partial charge >= 0.3 is 0 Å². The summed E-state index contributed by atoms with van der Waals surface area (Å²) in [5.74, 6) is 0. The Hall–Kier alpha value is -6.48. The molecule has 0 saturated heterocycles. The topological polar surface area (TPSA) is 3.24 Å². The summed E-state index contributed by atoms with van der Waals surface area (Å²) in [5.41, 5.74) is 10.7. The quantitative estimate of drug-likeness (QED) is 0.169. The van der Waals surface area contributed by atoms with E-state index < -0.39 is 0 Å². The van der Waals surface area contributed by atoms with Crippen LogP contribution in [0, 0.1) is 0 Å². The lowest BCUT2D eigenvalue weighted by Crippen LogP contribution is -2.10. The van der Waals surface area contributed by atoms with Gasteiger partial charge in [0, 0.05) is 31.5 Å². The monoisotopic (exact) mass is 679 g/mol. The van der Waals surface area contributed by atoms with Crippen LogP contribution in [-0.2, 0) is 0 Å². The van der Waals surface area contributed by atoms with Gasteiger partial charge in [-0.05, 0) is 110 Å². The van der Waals surface area contributed by atoms with E-state index in [1.807, 2.05) is 11.3 Å². The number of hydrogen-bond donors (Lipinski definition) is 0. The maximum atomic E-state index is 2.43. The van der Waals surface area contributed by atoms with Crippen molar-refractivity contribution in [2.24, 2.45) is 0 Å². The standard InChI is InChI=1S/C50H33NS/c1-2-12-36(13-3-1)44-19-9-15-37-24-26-41(33-46(37)44)35-27-29-42(30-28-35)51(47-20-10-22-49-50(47)45-18-6-7-21-48(45)52-49)43-17-8-16-39(32-43)40-25-23-34-11-4-5-14-38(34)31-40/h1-33H. The molecular weight excluding hydrogens is 647 g/mol. The zero-order chi connectivity index (χ0) is 34.4. The van der Waals surface area contributed by atoms with Gasteiger partial charge < -0.3 is 4.90 Å². The summed E-state index contributed by atoms with van der Waals surface area (Å²) < 4.78 is 2.59. The van der Waals surface area contributed by atoms with Crippen LogP contribution >= 0.6 is 11.3 Å². The van der Waals surface area contributed by atoms with Gasteiger partial charge in [-0.25, -0.2) is 0 Å². The number of nitrogens with zero attached hydrogens (tertiary/aromatic N) is 1. The van der Waals surface area contributed by atoms with Crippen LogP contribution in [0.5, 0.6) is 0 Å². The molecule has 10 rings (SSSR count). The third kappa shape index (κ3) is 5.33. The van der Waals surface area contributed by atoms with E-state index in [0.29, 0.717) is 0 Å². The molecule has 0 amide bonds. The molecule has 0 aliphatic rings. The Labute approximate surface area is 307 Å². The Kier molecular flexibility index (Phi) is 7.41. The van der Waals surface area contributed by atoms with Crippen molar-refractivity contribution >= 4 is 70.1 Å². The lowest BCUT2D eigenvalue weighted by atomic mass is 9.95. The molecule has 1 aromatic heterocycles. The lowest BCUT2D eigenvalue weighted by molar-refractivity contribution is 1.30.